The lowest BCUT2D eigenvalue weighted by Gasteiger charge is -2.05. The van der Waals surface area contributed by atoms with Gasteiger partial charge in [0, 0.05) is 22.3 Å². The van der Waals surface area contributed by atoms with E-state index in [-0.39, 0.29) is 5.43 Å². The van der Waals surface area contributed by atoms with Crippen LogP contribution < -0.4 is 5.43 Å². The Bertz CT molecular complexity index is 766. The predicted molar refractivity (Wildman–Crippen MR) is 75.5 cm³/mol. The fourth-order valence-electron chi connectivity index (χ4n) is 1.87. The lowest BCUT2D eigenvalue weighted by atomic mass is 10.1. The van der Waals surface area contributed by atoms with Gasteiger partial charge < -0.3 is 4.98 Å². The van der Waals surface area contributed by atoms with Crippen molar-refractivity contribution in [3.63, 3.8) is 0 Å². The molecule has 2 aromatic heterocycles. The van der Waals surface area contributed by atoms with Crippen LogP contribution in [0.5, 0.6) is 0 Å². The van der Waals surface area contributed by atoms with Gasteiger partial charge in [0.15, 0.2) is 5.43 Å². The van der Waals surface area contributed by atoms with Gasteiger partial charge in [0.05, 0.1) is 11.1 Å². The summed E-state index contributed by atoms with van der Waals surface area (Å²) in [5.74, 6) is 0. The van der Waals surface area contributed by atoms with E-state index in [4.69, 9.17) is 0 Å². The van der Waals surface area contributed by atoms with Crippen molar-refractivity contribution < 1.29 is 0 Å². The van der Waals surface area contributed by atoms with Crippen molar-refractivity contribution in [1.29, 1.82) is 0 Å². The van der Waals surface area contributed by atoms with Crippen LogP contribution in [-0.2, 0) is 0 Å². The first-order valence-corrected chi connectivity index (χ1v) is 6.28. The fourth-order valence-corrected chi connectivity index (χ4v) is 2.42. The Morgan fingerprint density at radius 1 is 1.11 bits per heavy atom. The van der Waals surface area contributed by atoms with Gasteiger partial charge in [0.25, 0.3) is 0 Å². The summed E-state index contributed by atoms with van der Waals surface area (Å²) in [6.07, 6.45) is 1.61. The normalized spacial score (nSPS) is 10.7. The summed E-state index contributed by atoms with van der Waals surface area (Å²) >= 11 is 3.47. The minimum absolute atomic E-state index is 0.0310. The number of aromatic amines is 1. The molecule has 1 aromatic carbocycles. The molecule has 1 N–H and O–H groups in total. The summed E-state index contributed by atoms with van der Waals surface area (Å²) in [4.78, 5) is 19.2. The maximum Gasteiger partial charge on any atom is 0.191 e. The maximum absolute atomic E-state index is 11.7. The molecule has 88 valence electrons. The monoisotopic (exact) mass is 300 g/mol. The minimum Gasteiger partial charge on any atom is -0.346 e. The van der Waals surface area contributed by atoms with E-state index in [1.807, 2.05) is 36.4 Å². The van der Waals surface area contributed by atoms with E-state index in [2.05, 4.69) is 25.9 Å². The standard InChI is InChI=1S/C14H9BrN2O/c15-11-8-10-12(18)6-7-16-14(10)17-13(11)9-4-2-1-3-5-9/h1-8H,(H,16,17,18). The second kappa shape index (κ2) is 4.38. The van der Waals surface area contributed by atoms with Crippen LogP contribution in [-0.4, -0.2) is 9.97 Å². The molecule has 0 amide bonds. The number of hydrogen-bond acceptors (Lipinski definition) is 2. The van der Waals surface area contributed by atoms with Crippen molar-refractivity contribution in [2.75, 3.05) is 0 Å². The van der Waals surface area contributed by atoms with Gasteiger partial charge in [-0.15, -0.1) is 0 Å². The Balaban J connectivity index is 2.33. The Hall–Kier alpha value is -1.94. The summed E-state index contributed by atoms with van der Waals surface area (Å²) in [5, 5.41) is 0.587. The molecular weight excluding hydrogens is 292 g/mol. The Labute approximate surface area is 112 Å². The van der Waals surface area contributed by atoms with Gasteiger partial charge in [-0.3, -0.25) is 4.79 Å². The first kappa shape index (κ1) is 11.2. The van der Waals surface area contributed by atoms with Crippen LogP contribution in [0.25, 0.3) is 22.3 Å². The highest BCUT2D eigenvalue weighted by Crippen LogP contribution is 2.27. The van der Waals surface area contributed by atoms with Crippen LogP contribution in [0.2, 0.25) is 0 Å². The third-order valence-corrected chi connectivity index (χ3v) is 3.35. The molecular formula is C14H9BrN2O. The Morgan fingerprint density at radius 3 is 2.67 bits per heavy atom. The van der Waals surface area contributed by atoms with E-state index < -0.39 is 0 Å². The molecule has 0 radical (unpaired) electrons. The summed E-state index contributed by atoms with van der Waals surface area (Å²) in [5.41, 5.74) is 2.40. The van der Waals surface area contributed by atoms with E-state index >= 15 is 0 Å². The van der Waals surface area contributed by atoms with E-state index in [1.54, 1.807) is 6.20 Å². The SMILES string of the molecule is O=c1cc[nH]c2nc(-c3ccccc3)c(Br)cc12. The molecule has 0 saturated carbocycles. The number of hydrogen-bond donors (Lipinski definition) is 1. The topological polar surface area (TPSA) is 45.8 Å². The molecule has 4 heteroatoms. The van der Waals surface area contributed by atoms with Crippen LogP contribution in [0.3, 0.4) is 0 Å². The van der Waals surface area contributed by atoms with E-state index in [1.165, 1.54) is 6.07 Å². The molecule has 0 aliphatic rings. The van der Waals surface area contributed by atoms with Gasteiger partial charge in [-0.1, -0.05) is 30.3 Å². The summed E-state index contributed by atoms with van der Waals surface area (Å²) < 4.78 is 0.818. The van der Waals surface area contributed by atoms with Crippen molar-refractivity contribution in [1.82, 2.24) is 9.97 Å². The minimum atomic E-state index is -0.0310. The van der Waals surface area contributed by atoms with Crippen LogP contribution in [0, 0.1) is 0 Å². The highest BCUT2D eigenvalue weighted by molar-refractivity contribution is 9.10. The van der Waals surface area contributed by atoms with E-state index in [0.29, 0.717) is 11.0 Å². The molecule has 0 aliphatic carbocycles. The molecule has 3 rings (SSSR count). The first-order valence-electron chi connectivity index (χ1n) is 5.49. The number of aromatic nitrogens is 2. The maximum atomic E-state index is 11.7. The quantitative estimate of drug-likeness (QED) is 0.749. The molecule has 0 aliphatic heterocycles. The second-order valence-corrected chi connectivity index (χ2v) is 4.78. The fraction of sp³-hybridized carbons (Fsp3) is 0. The molecule has 18 heavy (non-hydrogen) atoms. The van der Waals surface area contributed by atoms with Crippen molar-refractivity contribution in [3.05, 3.63) is 63.4 Å². The summed E-state index contributed by atoms with van der Waals surface area (Å²) in [6.45, 7) is 0. The van der Waals surface area contributed by atoms with Crippen molar-refractivity contribution >= 4 is 27.0 Å². The lowest BCUT2D eigenvalue weighted by Crippen LogP contribution is -2.02. The molecule has 3 aromatic rings. The number of fused-ring (bicyclic) bond motifs is 1. The van der Waals surface area contributed by atoms with Crippen molar-refractivity contribution in [2.45, 2.75) is 0 Å². The molecule has 0 saturated heterocycles. The smallest absolute Gasteiger partial charge is 0.191 e. The number of nitrogens with one attached hydrogen (secondary N) is 1. The predicted octanol–water partition coefficient (Wildman–Crippen LogP) is 3.35. The van der Waals surface area contributed by atoms with Gasteiger partial charge in [0.2, 0.25) is 0 Å². The highest BCUT2D eigenvalue weighted by atomic mass is 79.9. The summed E-state index contributed by atoms with van der Waals surface area (Å²) in [7, 11) is 0. The van der Waals surface area contributed by atoms with Gasteiger partial charge in [0.1, 0.15) is 5.65 Å². The number of nitrogens with zero attached hydrogens (tertiary/aromatic N) is 1. The Kier molecular flexibility index (Phi) is 2.72. The number of pyridine rings is 2. The van der Waals surface area contributed by atoms with Gasteiger partial charge in [-0.25, -0.2) is 4.98 Å². The summed E-state index contributed by atoms with van der Waals surface area (Å²) in [6, 6.07) is 13.2. The second-order valence-electron chi connectivity index (χ2n) is 3.92. The third kappa shape index (κ3) is 1.84. The van der Waals surface area contributed by atoms with Crippen LogP contribution >= 0.6 is 15.9 Å². The average molecular weight is 301 g/mol. The van der Waals surface area contributed by atoms with Crippen molar-refractivity contribution in [3.8, 4) is 11.3 Å². The molecule has 0 bridgehead atoms. The molecule has 0 atom stereocenters. The van der Waals surface area contributed by atoms with Gasteiger partial charge >= 0.3 is 0 Å². The number of rotatable bonds is 1. The Morgan fingerprint density at radius 2 is 1.89 bits per heavy atom. The van der Waals surface area contributed by atoms with E-state index in [9.17, 15) is 4.79 Å². The largest absolute Gasteiger partial charge is 0.346 e. The van der Waals surface area contributed by atoms with E-state index in [0.717, 1.165) is 15.7 Å². The van der Waals surface area contributed by atoms with Crippen LogP contribution in [0.15, 0.2) is 57.9 Å². The first-order chi connectivity index (χ1) is 8.75. The average Bonchev–Trinajstić information content (AvgIpc) is 2.40. The zero-order chi connectivity index (χ0) is 12.5. The van der Waals surface area contributed by atoms with Gasteiger partial charge in [-0.05, 0) is 22.0 Å². The molecule has 0 fully saturated rings. The zero-order valence-corrected chi connectivity index (χ0v) is 10.9. The van der Waals surface area contributed by atoms with Crippen LogP contribution in [0.4, 0.5) is 0 Å². The number of benzene rings is 1. The van der Waals surface area contributed by atoms with Crippen LogP contribution in [0.1, 0.15) is 0 Å². The molecule has 3 nitrogen and oxygen atoms in total. The zero-order valence-electron chi connectivity index (χ0n) is 9.35. The van der Waals surface area contributed by atoms with Gasteiger partial charge in [-0.2, -0.15) is 0 Å². The highest BCUT2D eigenvalue weighted by Gasteiger charge is 2.08. The molecule has 2 heterocycles. The molecule has 0 spiro atoms. The van der Waals surface area contributed by atoms with Crippen molar-refractivity contribution in [2.24, 2.45) is 0 Å². The number of H-pyrrole nitrogens is 1. The molecule has 0 unspecified atom stereocenters. The number of halogens is 1. The lowest BCUT2D eigenvalue weighted by molar-refractivity contribution is 1.27. The third-order valence-electron chi connectivity index (χ3n) is 2.74.